The summed E-state index contributed by atoms with van der Waals surface area (Å²) in [5.41, 5.74) is 0.999. The van der Waals surface area contributed by atoms with Crippen LogP contribution < -0.4 is 4.90 Å². The lowest BCUT2D eigenvalue weighted by Crippen LogP contribution is -2.37. The lowest BCUT2D eigenvalue weighted by molar-refractivity contribution is 0.181. The number of hydrogen-bond acceptors (Lipinski definition) is 4. The Morgan fingerprint density at radius 2 is 2.12 bits per heavy atom. The quantitative estimate of drug-likeness (QED) is 0.734. The van der Waals surface area contributed by atoms with E-state index in [2.05, 4.69) is 35.6 Å². The van der Waals surface area contributed by atoms with Gasteiger partial charge in [-0.2, -0.15) is 0 Å². The van der Waals surface area contributed by atoms with Crippen LogP contribution in [0.5, 0.6) is 0 Å². The SMILES string of the molecule is CCc1c(Cl)ncnc1N(CC)C(C)COC. The molecule has 5 heteroatoms. The van der Waals surface area contributed by atoms with Crippen LogP contribution in [0.4, 0.5) is 5.82 Å². The Balaban J connectivity index is 3.06. The molecule has 0 bridgehead atoms. The Bertz CT molecular complexity index is 360. The maximum absolute atomic E-state index is 6.10. The molecule has 1 unspecified atom stereocenters. The van der Waals surface area contributed by atoms with Gasteiger partial charge in [-0.1, -0.05) is 18.5 Å². The van der Waals surface area contributed by atoms with Gasteiger partial charge in [-0.05, 0) is 20.3 Å². The van der Waals surface area contributed by atoms with Gasteiger partial charge >= 0.3 is 0 Å². The van der Waals surface area contributed by atoms with Gasteiger partial charge in [0.05, 0.1) is 12.6 Å². The topological polar surface area (TPSA) is 38.2 Å². The van der Waals surface area contributed by atoms with E-state index in [1.54, 1.807) is 7.11 Å². The Labute approximate surface area is 108 Å². The van der Waals surface area contributed by atoms with Gasteiger partial charge in [0, 0.05) is 19.2 Å². The molecule has 1 rings (SSSR count). The molecule has 1 heterocycles. The standard InChI is InChI=1S/C12H20ClN3O/c1-5-10-11(13)14-8-15-12(10)16(6-2)9(3)7-17-4/h8-9H,5-7H2,1-4H3. The molecule has 1 aromatic heterocycles. The van der Waals surface area contributed by atoms with Gasteiger partial charge in [0.1, 0.15) is 17.3 Å². The van der Waals surface area contributed by atoms with Crippen LogP contribution in [0.25, 0.3) is 0 Å². The summed E-state index contributed by atoms with van der Waals surface area (Å²) in [5.74, 6) is 0.916. The van der Waals surface area contributed by atoms with E-state index in [-0.39, 0.29) is 6.04 Å². The van der Waals surface area contributed by atoms with E-state index in [0.29, 0.717) is 11.8 Å². The Morgan fingerprint density at radius 3 is 2.65 bits per heavy atom. The third-order valence-electron chi connectivity index (χ3n) is 2.78. The van der Waals surface area contributed by atoms with Gasteiger partial charge in [-0.25, -0.2) is 9.97 Å². The molecule has 1 atom stereocenters. The van der Waals surface area contributed by atoms with E-state index in [4.69, 9.17) is 16.3 Å². The third kappa shape index (κ3) is 3.30. The largest absolute Gasteiger partial charge is 0.383 e. The summed E-state index contributed by atoms with van der Waals surface area (Å²) in [6.45, 7) is 7.80. The number of rotatable bonds is 6. The van der Waals surface area contributed by atoms with E-state index >= 15 is 0 Å². The van der Waals surface area contributed by atoms with Gasteiger partial charge in [0.25, 0.3) is 0 Å². The van der Waals surface area contributed by atoms with Crippen molar-refractivity contribution >= 4 is 17.4 Å². The first kappa shape index (κ1) is 14.2. The smallest absolute Gasteiger partial charge is 0.137 e. The van der Waals surface area contributed by atoms with Crippen molar-refractivity contribution in [2.24, 2.45) is 0 Å². The first-order chi connectivity index (χ1) is 8.15. The second-order valence-corrected chi connectivity index (χ2v) is 4.27. The molecule has 0 saturated heterocycles. The summed E-state index contributed by atoms with van der Waals surface area (Å²) in [7, 11) is 1.71. The maximum Gasteiger partial charge on any atom is 0.137 e. The van der Waals surface area contributed by atoms with Gasteiger partial charge in [-0.15, -0.1) is 0 Å². The van der Waals surface area contributed by atoms with E-state index < -0.39 is 0 Å². The summed E-state index contributed by atoms with van der Waals surface area (Å²) >= 11 is 6.10. The Morgan fingerprint density at radius 1 is 1.41 bits per heavy atom. The number of aromatic nitrogens is 2. The van der Waals surface area contributed by atoms with Gasteiger partial charge < -0.3 is 9.64 Å². The molecule has 0 amide bonds. The van der Waals surface area contributed by atoms with Crippen molar-refractivity contribution in [3.63, 3.8) is 0 Å². The molecule has 1 aromatic rings. The van der Waals surface area contributed by atoms with Gasteiger partial charge in [0.2, 0.25) is 0 Å². The minimum absolute atomic E-state index is 0.265. The highest BCUT2D eigenvalue weighted by molar-refractivity contribution is 6.30. The highest BCUT2D eigenvalue weighted by Crippen LogP contribution is 2.25. The van der Waals surface area contributed by atoms with Crippen molar-refractivity contribution in [1.82, 2.24) is 9.97 Å². The summed E-state index contributed by atoms with van der Waals surface area (Å²) in [4.78, 5) is 10.6. The molecule has 0 saturated carbocycles. The molecule has 0 radical (unpaired) electrons. The Kier molecular flexibility index (Phi) is 5.65. The molecule has 96 valence electrons. The predicted octanol–water partition coefficient (Wildman–Crippen LogP) is 2.55. The summed E-state index contributed by atoms with van der Waals surface area (Å²) in [6.07, 6.45) is 2.34. The van der Waals surface area contributed by atoms with Crippen LogP contribution in [-0.4, -0.2) is 36.3 Å². The van der Waals surface area contributed by atoms with Crippen LogP contribution in [0.15, 0.2) is 6.33 Å². The van der Waals surface area contributed by atoms with E-state index in [1.165, 1.54) is 6.33 Å². The molecule has 0 aliphatic carbocycles. The summed E-state index contributed by atoms with van der Waals surface area (Å²) in [6, 6.07) is 0.265. The molecule has 4 nitrogen and oxygen atoms in total. The normalized spacial score (nSPS) is 12.5. The average molecular weight is 258 g/mol. The number of likely N-dealkylation sites (N-methyl/N-ethyl adjacent to an activating group) is 1. The van der Waals surface area contributed by atoms with Crippen LogP contribution in [-0.2, 0) is 11.2 Å². The first-order valence-electron chi connectivity index (χ1n) is 5.90. The number of hydrogen-bond donors (Lipinski definition) is 0. The molecule has 0 spiro atoms. The van der Waals surface area contributed by atoms with Crippen molar-refractivity contribution in [1.29, 1.82) is 0 Å². The second-order valence-electron chi connectivity index (χ2n) is 3.91. The molecule has 0 aliphatic rings. The molecule has 0 fully saturated rings. The summed E-state index contributed by atoms with van der Waals surface area (Å²) < 4.78 is 5.19. The first-order valence-corrected chi connectivity index (χ1v) is 6.28. The monoisotopic (exact) mass is 257 g/mol. The Hall–Kier alpha value is -0.870. The average Bonchev–Trinajstić information content (AvgIpc) is 2.30. The zero-order chi connectivity index (χ0) is 12.8. The fourth-order valence-corrected chi connectivity index (χ4v) is 2.20. The van der Waals surface area contributed by atoms with Crippen molar-refractivity contribution in [2.75, 3.05) is 25.2 Å². The lowest BCUT2D eigenvalue weighted by atomic mass is 10.2. The molecular weight excluding hydrogens is 238 g/mol. The number of anilines is 1. The number of nitrogens with zero attached hydrogens (tertiary/aromatic N) is 3. The minimum Gasteiger partial charge on any atom is -0.383 e. The van der Waals surface area contributed by atoms with E-state index in [1.807, 2.05) is 0 Å². The zero-order valence-corrected chi connectivity index (χ0v) is 11.7. The van der Waals surface area contributed by atoms with Crippen molar-refractivity contribution in [3.05, 3.63) is 17.0 Å². The van der Waals surface area contributed by atoms with Crippen LogP contribution in [0.3, 0.4) is 0 Å². The van der Waals surface area contributed by atoms with E-state index in [0.717, 1.165) is 24.3 Å². The van der Waals surface area contributed by atoms with Crippen LogP contribution in [0.2, 0.25) is 5.15 Å². The number of ether oxygens (including phenoxy) is 1. The van der Waals surface area contributed by atoms with Gasteiger partial charge in [-0.3, -0.25) is 0 Å². The highest BCUT2D eigenvalue weighted by Gasteiger charge is 2.18. The molecule has 17 heavy (non-hydrogen) atoms. The summed E-state index contributed by atoms with van der Waals surface area (Å²) in [5, 5.41) is 0.542. The molecule has 0 N–H and O–H groups in total. The maximum atomic E-state index is 6.10. The third-order valence-corrected chi connectivity index (χ3v) is 3.10. The van der Waals surface area contributed by atoms with Crippen molar-refractivity contribution in [2.45, 2.75) is 33.2 Å². The van der Waals surface area contributed by atoms with Crippen LogP contribution in [0.1, 0.15) is 26.3 Å². The molecule has 0 aromatic carbocycles. The fourth-order valence-electron chi connectivity index (χ4n) is 1.94. The second kappa shape index (κ2) is 6.77. The molecule has 0 aliphatic heterocycles. The lowest BCUT2D eigenvalue weighted by Gasteiger charge is -2.30. The van der Waals surface area contributed by atoms with E-state index in [9.17, 15) is 0 Å². The number of methoxy groups -OCH3 is 1. The van der Waals surface area contributed by atoms with Crippen molar-refractivity contribution in [3.8, 4) is 0 Å². The minimum atomic E-state index is 0.265. The zero-order valence-electron chi connectivity index (χ0n) is 10.9. The fraction of sp³-hybridized carbons (Fsp3) is 0.667. The van der Waals surface area contributed by atoms with Crippen LogP contribution >= 0.6 is 11.6 Å². The molecular formula is C12H20ClN3O. The predicted molar refractivity (Wildman–Crippen MR) is 70.8 cm³/mol. The van der Waals surface area contributed by atoms with Crippen molar-refractivity contribution < 1.29 is 4.74 Å². The number of halogens is 1. The highest BCUT2D eigenvalue weighted by atomic mass is 35.5. The van der Waals surface area contributed by atoms with Gasteiger partial charge in [0.15, 0.2) is 0 Å². The van der Waals surface area contributed by atoms with Crippen LogP contribution in [0, 0.1) is 0 Å².